The van der Waals surface area contributed by atoms with E-state index < -0.39 is 0 Å². The maximum atomic E-state index is 13.2. The maximum absolute atomic E-state index is 13.2. The Labute approximate surface area is 184 Å². The van der Waals surface area contributed by atoms with Crippen molar-refractivity contribution in [2.24, 2.45) is 0 Å². The zero-order valence-electron chi connectivity index (χ0n) is 17.4. The predicted octanol–water partition coefficient (Wildman–Crippen LogP) is 6.17. The number of nitrogens with zero attached hydrogens (tertiary/aromatic N) is 2. The van der Waals surface area contributed by atoms with Crippen LogP contribution in [0.25, 0.3) is 22.3 Å². The molecule has 0 bridgehead atoms. The van der Waals surface area contributed by atoms with Crippen LogP contribution in [0.4, 0.5) is 5.69 Å². The minimum atomic E-state index is -0.233. The lowest BCUT2D eigenvalue weighted by molar-refractivity contribution is 0.605. The molecular formula is C25H20ClN3O2. The molecule has 0 radical (unpaired) electrons. The molecule has 0 saturated carbocycles. The van der Waals surface area contributed by atoms with E-state index in [-0.39, 0.29) is 11.5 Å². The van der Waals surface area contributed by atoms with E-state index in [4.69, 9.17) is 16.0 Å². The second-order valence-electron chi connectivity index (χ2n) is 7.53. The quantitative estimate of drug-likeness (QED) is 0.419. The number of anilines is 1. The fourth-order valence-electron chi connectivity index (χ4n) is 3.71. The van der Waals surface area contributed by atoms with Crippen molar-refractivity contribution in [3.05, 3.63) is 92.4 Å². The summed E-state index contributed by atoms with van der Waals surface area (Å²) in [6, 6.07) is 14.6. The molecule has 2 aromatic carbocycles. The summed E-state index contributed by atoms with van der Waals surface area (Å²) in [4.78, 5) is 17.3. The van der Waals surface area contributed by atoms with Gasteiger partial charge in [-0.2, -0.15) is 5.26 Å². The van der Waals surface area contributed by atoms with Gasteiger partial charge in [0, 0.05) is 34.1 Å². The first-order valence-corrected chi connectivity index (χ1v) is 10.2. The van der Waals surface area contributed by atoms with Gasteiger partial charge in [0.05, 0.1) is 22.7 Å². The Balaban J connectivity index is 1.89. The van der Waals surface area contributed by atoms with Gasteiger partial charge >= 0.3 is 0 Å². The second kappa shape index (κ2) is 8.25. The second-order valence-corrected chi connectivity index (χ2v) is 7.96. The molecule has 0 aliphatic rings. The summed E-state index contributed by atoms with van der Waals surface area (Å²) in [5.74, 6) is 0.507. The third-order valence-electron chi connectivity index (χ3n) is 5.26. The largest absolute Gasteiger partial charge is 0.455 e. The average molecular weight is 430 g/mol. The van der Waals surface area contributed by atoms with Crippen molar-refractivity contribution in [1.82, 2.24) is 4.98 Å². The molecule has 5 nitrogen and oxygen atoms in total. The summed E-state index contributed by atoms with van der Waals surface area (Å²) < 4.78 is 6.31. The Kier molecular flexibility index (Phi) is 5.50. The smallest absolute Gasteiger partial charge is 0.196 e. The molecule has 4 aromatic rings. The van der Waals surface area contributed by atoms with Gasteiger partial charge in [0.1, 0.15) is 17.4 Å². The number of hydrogen-bond acceptors (Lipinski definition) is 5. The minimum absolute atomic E-state index is 0.0681. The molecule has 0 amide bonds. The van der Waals surface area contributed by atoms with Gasteiger partial charge in [-0.05, 0) is 62.7 Å². The molecule has 4 rings (SSSR count). The van der Waals surface area contributed by atoms with Crippen LogP contribution in [0.5, 0.6) is 0 Å². The van der Waals surface area contributed by atoms with E-state index in [1.165, 1.54) is 0 Å². The molecule has 0 fully saturated rings. The van der Waals surface area contributed by atoms with Gasteiger partial charge in [0.2, 0.25) is 0 Å². The van der Waals surface area contributed by atoms with E-state index in [0.717, 1.165) is 16.7 Å². The summed E-state index contributed by atoms with van der Waals surface area (Å²) in [5.41, 5.74) is 4.64. The van der Waals surface area contributed by atoms with Gasteiger partial charge in [-0.15, -0.1) is 0 Å². The van der Waals surface area contributed by atoms with Crippen LogP contribution in [0.3, 0.4) is 0 Å². The van der Waals surface area contributed by atoms with Crippen molar-refractivity contribution in [2.45, 2.75) is 26.8 Å². The Morgan fingerprint density at radius 1 is 1.19 bits per heavy atom. The number of aryl methyl sites for hydroxylation is 1. The van der Waals surface area contributed by atoms with Crippen molar-refractivity contribution < 1.29 is 4.42 Å². The molecular weight excluding hydrogens is 410 g/mol. The number of halogens is 1. The highest BCUT2D eigenvalue weighted by Gasteiger charge is 2.19. The van der Waals surface area contributed by atoms with E-state index in [9.17, 15) is 10.1 Å². The molecule has 2 aromatic heterocycles. The topological polar surface area (TPSA) is 78.9 Å². The lowest BCUT2D eigenvalue weighted by atomic mass is 9.99. The SMILES string of the molecule is Cc1cc(C(C)Nc2ccc(Cl)cc2C#N)c2oc(-c3cccnc3)c(C)c(=O)c2c1. The van der Waals surface area contributed by atoms with E-state index in [1.807, 2.05) is 38.1 Å². The van der Waals surface area contributed by atoms with Crippen LogP contribution in [-0.2, 0) is 0 Å². The van der Waals surface area contributed by atoms with Gasteiger partial charge in [0.25, 0.3) is 0 Å². The molecule has 1 atom stereocenters. The van der Waals surface area contributed by atoms with Crippen molar-refractivity contribution in [2.75, 3.05) is 5.32 Å². The molecule has 6 heteroatoms. The van der Waals surface area contributed by atoms with Gasteiger partial charge in [-0.3, -0.25) is 9.78 Å². The highest BCUT2D eigenvalue weighted by Crippen LogP contribution is 2.32. The molecule has 0 aliphatic heterocycles. The van der Waals surface area contributed by atoms with Gasteiger partial charge in [-0.25, -0.2) is 0 Å². The molecule has 0 saturated heterocycles. The zero-order valence-corrected chi connectivity index (χ0v) is 18.1. The van der Waals surface area contributed by atoms with E-state index in [2.05, 4.69) is 16.4 Å². The van der Waals surface area contributed by atoms with Crippen LogP contribution in [-0.4, -0.2) is 4.98 Å². The lowest BCUT2D eigenvalue weighted by Gasteiger charge is -2.19. The molecule has 0 aliphatic carbocycles. The molecule has 1 N–H and O–H groups in total. The van der Waals surface area contributed by atoms with E-state index in [1.54, 1.807) is 37.5 Å². The third-order valence-corrected chi connectivity index (χ3v) is 5.49. The Morgan fingerprint density at radius 2 is 2.00 bits per heavy atom. The number of fused-ring (bicyclic) bond motifs is 1. The highest BCUT2D eigenvalue weighted by molar-refractivity contribution is 6.30. The van der Waals surface area contributed by atoms with Crippen molar-refractivity contribution in [1.29, 1.82) is 5.26 Å². The normalized spacial score (nSPS) is 11.8. The van der Waals surface area contributed by atoms with Crippen LogP contribution in [0.1, 0.15) is 35.2 Å². The first-order valence-electron chi connectivity index (χ1n) is 9.83. The Hall–Kier alpha value is -3.62. The maximum Gasteiger partial charge on any atom is 0.196 e. The van der Waals surface area contributed by atoms with E-state index in [0.29, 0.717) is 38.6 Å². The number of benzene rings is 2. The van der Waals surface area contributed by atoms with Crippen molar-refractivity contribution in [3.8, 4) is 17.4 Å². The van der Waals surface area contributed by atoms with Crippen LogP contribution in [0.2, 0.25) is 5.02 Å². The monoisotopic (exact) mass is 429 g/mol. The average Bonchev–Trinajstić information content (AvgIpc) is 2.77. The van der Waals surface area contributed by atoms with E-state index >= 15 is 0 Å². The number of pyridine rings is 1. The third kappa shape index (κ3) is 3.90. The fourth-order valence-corrected chi connectivity index (χ4v) is 3.88. The van der Waals surface area contributed by atoms with Crippen molar-refractivity contribution in [3.63, 3.8) is 0 Å². The van der Waals surface area contributed by atoms with Crippen LogP contribution >= 0.6 is 11.6 Å². The minimum Gasteiger partial charge on any atom is -0.455 e. The molecule has 0 spiro atoms. The number of rotatable bonds is 4. The number of nitriles is 1. The summed E-state index contributed by atoms with van der Waals surface area (Å²) in [7, 11) is 0. The number of nitrogens with one attached hydrogen (secondary N) is 1. The molecule has 154 valence electrons. The summed E-state index contributed by atoms with van der Waals surface area (Å²) in [6.07, 6.45) is 3.36. The van der Waals surface area contributed by atoms with Gasteiger partial charge < -0.3 is 9.73 Å². The van der Waals surface area contributed by atoms with Gasteiger partial charge in [0.15, 0.2) is 5.43 Å². The summed E-state index contributed by atoms with van der Waals surface area (Å²) >= 11 is 6.02. The fraction of sp³-hybridized carbons (Fsp3) is 0.160. The first-order chi connectivity index (χ1) is 14.9. The Morgan fingerprint density at radius 3 is 2.71 bits per heavy atom. The zero-order chi connectivity index (χ0) is 22.1. The standard InChI is InChI=1S/C25H20ClN3O2/c1-14-9-20(16(3)29-22-7-6-19(26)11-18(22)12-27)25-21(10-14)23(30)15(2)24(31-25)17-5-4-8-28-13-17/h4-11,13,16,29H,1-3H3. The van der Waals surface area contributed by atoms with Gasteiger partial charge in [-0.1, -0.05) is 17.7 Å². The molecule has 1 unspecified atom stereocenters. The van der Waals surface area contributed by atoms with Crippen LogP contribution in [0.15, 0.2) is 64.1 Å². The summed E-state index contributed by atoms with van der Waals surface area (Å²) in [5, 5.41) is 13.9. The number of aromatic nitrogens is 1. The van der Waals surface area contributed by atoms with Crippen LogP contribution in [0, 0.1) is 25.2 Å². The number of hydrogen-bond donors (Lipinski definition) is 1. The molecule has 31 heavy (non-hydrogen) atoms. The first kappa shape index (κ1) is 20.6. The van der Waals surface area contributed by atoms with Crippen molar-refractivity contribution >= 4 is 28.3 Å². The Bertz CT molecular complexity index is 1390. The highest BCUT2D eigenvalue weighted by atomic mass is 35.5. The lowest BCUT2D eigenvalue weighted by Crippen LogP contribution is -2.13. The molecule has 2 heterocycles. The predicted molar refractivity (Wildman–Crippen MR) is 123 cm³/mol. The summed E-state index contributed by atoms with van der Waals surface area (Å²) in [6.45, 7) is 5.68. The van der Waals surface area contributed by atoms with Crippen LogP contribution < -0.4 is 10.7 Å².